The van der Waals surface area contributed by atoms with Crippen LogP contribution in [0.15, 0.2) is 42.0 Å². The molecule has 0 aliphatic heterocycles. The first-order valence-electron chi connectivity index (χ1n) is 9.12. The molecular weight excluding hydrogens is 443 g/mol. The van der Waals surface area contributed by atoms with E-state index in [2.05, 4.69) is 20.5 Å². The van der Waals surface area contributed by atoms with Gasteiger partial charge in [0, 0.05) is 5.02 Å². The second-order valence-electron chi connectivity index (χ2n) is 6.77. The van der Waals surface area contributed by atoms with Crippen LogP contribution in [0.4, 0.5) is 5.95 Å². The number of halogens is 2. The van der Waals surface area contributed by atoms with E-state index in [4.69, 9.17) is 23.2 Å². The fourth-order valence-electron chi connectivity index (χ4n) is 2.97. The van der Waals surface area contributed by atoms with E-state index in [1.165, 1.54) is 11.3 Å². The Labute approximate surface area is 187 Å². The normalized spacial score (nSPS) is 11.1. The van der Waals surface area contributed by atoms with Crippen LogP contribution >= 0.6 is 34.5 Å². The highest BCUT2D eigenvalue weighted by atomic mass is 35.5. The van der Waals surface area contributed by atoms with Crippen LogP contribution in [0.25, 0.3) is 0 Å². The largest absolute Gasteiger partial charge is 0.288 e. The lowest BCUT2D eigenvalue weighted by Crippen LogP contribution is -2.12. The van der Waals surface area contributed by atoms with E-state index >= 15 is 0 Å². The molecule has 0 atom stereocenters. The number of aromatic nitrogens is 5. The third-order valence-electron chi connectivity index (χ3n) is 4.56. The summed E-state index contributed by atoms with van der Waals surface area (Å²) in [5.74, 6) is -0.0134. The molecule has 1 N–H and O–H groups in total. The summed E-state index contributed by atoms with van der Waals surface area (Å²) in [6, 6.07) is 9.37. The van der Waals surface area contributed by atoms with Crippen molar-refractivity contribution in [3.63, 3.8) is 0 Å². The number of rotatable bonds is 6. The van der Waals surface area contributed by atoms with Gasteiger partial charge < -0.3 is 0 Å². The van der Waals surface area contributed by atoms with E-state index in [0.29, 0.717) is 28.0 Å². The number of carbonyl (C=O) groups excluding carboxylic acids is 1. The monoisotopic (exact) mass is 460 g/mol. The standard InChI is InChI=1S/C20H18Cl2N6OS/c1-12-18(22)13(2)28(25-12)8-14-7-17(30-10-14)19(29)24-20-23-11-27(26-20)9-15-5-3-4-6-16(15)21/h3-7,10-11H,8-9H2,1-2H3,(H,24,26,29). The molecule has 4 aromatic rings. The summed E-state index contributed by atoms with van der Waals surface area (Å²) in [5, 5.41) is 14.7. The molecule has 0 bridgehead atoms. The molecule has 0 fully saturated rings. The molecule has 3 heterocycles. The molecule has 0 aliphatic carbocycles. The summed E-state index contributed by atoms with van der Waals surface area (Å²) >= 11 is 13.7. The van der Waals surface area contributed by atoms with Gasteiger partial charge in [-0.1, -0.05) is 41.4 Å². The summed E-state index contributed by atoms with van der Waals surface area (Å²) in [6.45, 7) is 4.81. The highest BCUT2D eigenvalue weighted by Crippen LogP contribution is 2.22. The smallest absolute Gasteiger partial charge is 0.268 e. The van der Waals surface area contributed by atoms with Crippen molar-refractivity contribution in [2.24, 2.45) is 0 Å². The number of hydrogen-bond donors (Lipinski definition) is 1. The maximum atomic E-state index is 12.6. The van der Waals surface area contributed by atoms with E-state index < -0.39 is 0 Å². The van der Waals surface area contributed by atoms with Gasteiger partial charge in [-0.25, -0.2) is 9.67 Å². The summed E-state index contributed by atoms with van der Waals surface area (Å²) < 4.78 is 3.46. The summed E-state index contributed by atoms with van der Waals surface area (Å²) in [6.07, 6.45) is 1.56. The molecule has 4 rings (SSSR count). The lowest BCUT2D eigenvalue weighted by molar-refractivity contribution is 0.102. The van der Waals surface area contributed by atoms with Crippen molar-refractivity contribution < 1.29 is 4.79 Å². The molecule has 154 valence electrons. The average Bonchev–Trinajstić information content (AvgIpc) is 3.42. The Bertz CT molecular complexity index is 1210. The number of aryl methyl sites for hydroxylation is 1. The minimum atomic E-state index is -0.256. The van der Waals surface area contributed by atoms with E-state index in [1.807, 2.05) is 54.2 Å². The Balaban J connectivity index is 1.41. The third kappa shape index (κ3) is 4.40. The third-order valence-corrected chi connectivity index (χ3v) is 6.45. The van der Waals surface area contributed by atoms with E-state index in [9.17, 15) is 4.79 Å². The van der Waals surface area contributed by atoms with Gasteiger partial charge in [-0.2, -0.15) is 5.10 Å². The molecule has 3 aromatic heterocycles. The van der Waals surface area contributed by atoms with Crippen LogP contribution in [0.1, 0.15) is 32.2 Å². The first-order chi connectivity index (χ1) is 14.4. The minimum absolute atomic E-state index is 0.243. The second-order valence-corrected chi connectivity index (χ2v) is 8.47. The Hall–Kier alpha value is -2.68. The molecule has 0 unspecified atom stereocenters. The second kappa shape index (κ2) is 8.59. The number of nitrogens with one attached hydrogen (secondary N) is 1. The maximum absolute atomic E-state index is 12.6. The van der Waals surface area contributed by atoms with Crippen molar-refractivity contribution >= 4 is 46.4 Å². The minimum Gasteiger partial charge on any atom is -0.288 e. The van der Waals surface area contributed by atoms with E-state index in [1.54, 1.807) is 11.0 Å². The number of benzene rings is 1. The highest BCUT2D eigenvalue weighted by molar-refractivity contribution is 7.12. The Kier molecular flexibility index (Phi) is 5.90. The fourth-order valence-corrected chi connectivity index (χ4v) is 4.10. The van der Waals surface area contributed by atoms with E-state index in [0.717, 1.165) is 22.5 Å². The molecule has 0 saturated heterocycles. The highest BCUT2D eigenvalue weighted by Gasteiger charge is 2.14. The molecule has 1 amide bonds. The molecule has 10 heteroatoms. The number of nitrogens with zero attached hydrogens (tertiary/aromatic N) is 5. The van der Waals surface area contributed by atoms with Gasteiger partial charge in [0.2, 0.25) is 5.95 Å². The van der Waals surface area contributed by atoms with Gasteiger partial charge in [0.05, 0.1) is 34.4 Å². The predicted molar refractivity (Wildman–Crippen MR) is 119 cm³/mol. The number of anilines is 1. The van der Waals surface area contributed by atoms with Gasteiger partial charge in [0.15, 0.2) is 0 Å². The first-order valence-corrected chi connectivity index (χ1v) is 10.8. The summed E-state index contributed by atoms with van der Waals surface area (Å²) in [5.41, 5.74) is 3.60. The Morgan fingerprint density at radius 1 is 1.17 bits per heavy atom. The number of amides is 1. The van der Waals surface area contributed by atoms with Crippen molar-refractivity contribution in [1.82, 2.24) is 24.5 Å². The number of thiophene rings is 1. The first kappa shape index (κ1) is 20.6. The van der Waals surface area contributed by atoms with Crippen molar-refractivity contribution in [3.8, 4) is 0 Å². The van der Waals surface area contributed by atoms with Crippen molar-refractivity contribution in [3.05, 3.63) is 79.5 Å². The van der Waals surface area contributed by atoms with Crippen molar-refractivity contribution in [2.75, 3.05) is 5.32 Å². The Morgan fingerprint density at radius 2 is 1.97 bits per heavy atom. The zero-order valence-electron chi connectivity index (χ0n) is 16.3. The van der Waals surface area contributed by atoms with Gasteiger partial charge in [0.1, 0.15) is 6.33 Å². The van der Waals surface area contributed by atoms with Crippen molar-refractivity contribution in [2.45, 2.75) is 26.9 Å². The van der Waals surface area contributed by atoms with E-state index in [-0.39, 0.29) is 11.9 Å². The van der Waals surface area contributed by atoms with Gasteiger partial charge in [-0.05, 0) is 42.5 Å². The van der Waals surface area contributed by atoms with Crippen LogP contribution in [-0.4, -0.2) is 30.5 Å². The van der Waals surface area contributed by atoms with Crippen LogP contribution in [0.5, 0.6) is 0 Å². The van der Waals surface area contributed by atoms with Crippen LogP contribution in [0, 0.1) is 13.8 Å². The van der Waals surface area contributed by atoms with Gasteiger partial charge >= 0.3 is 0 Å². The van der Waals surface area contributed by atoms with Crippen molar-refractivity contribution in [1.29, 1.82) is 0 Å². The van der Waals surface area contributed by atoms with Crippen LogP contribution < -0.4 is 5.32 Å². The maximum Gasteiger partial charge on any atom is 0.268 e. The zero-order valence-corrected chi connectivity index (χ0v) is 18.6. The van der Waals surface area contributed by atoms with Crippen LogP contribution in [-0.2, 0) is 13.1 Å². The quantitative estimate of drug-likeness (QED) is 0.447. The van der Waals surface area contributed by atoms with Gasteiger partial charge in [-0.3, -0.25) is 14.8 Å². The molecular formula is C20H18Cl2N6OS. The average molecular weight is 461 g/mol. The SMILES string of the molecule is Cc1nn(Cc2csc(C(=O)Nc3ncn(Cc4ccccc4Cl)n3)c2)c(C)c1Cl. The Morgan fingerprint density at radius 3 is 2.70 bits per heavy atom. The molecule has 0 aliphatic rings. The topological polar surface area (TPSA) is 77.6 Å². The van der Waals surface area contributed by atoms with Gasteiger partial charge in [0.25, 0.3) is 5.91 Å². The summed E-state index contributed by atoms with van der Waals surface area (Å²) in [7, 11) is 0. The molecule has 0 spiro atoms. The van der Waals surface area contributed by atoms with Gasteiger partial charge in [-0.15, -0.1) is 16.4 Å². The number of carbonyl (C=O) groups is 1. The van der Waals surface area contributed by atoms with Crippen LogP contribution in [0.2, 0.25) is 10.0 Å². The molecule has 0 radical (unpaired) electrons. The molecule has 7 nitrogen and oxygen atoms in total. The van der Waals surface area contributed by atoms with Crippen LogP contribution in [0.3, 0.4) is 0 Å². The molecule has 1 aromatic carbocycles. The zero-order chi connectivity index (χ0) is 21.3. The predicted octanol–water partition coefficient (Wildman–Crippen LogP) is 4.81. The number of hydrogen-bond acceptors (Lipinski definition) is 5. The molecule has 0 saturated carbocycles. The molecule has 30 heavy (non-hydrogen) atoms. The lowest BCUT2D eigenvalue weighted by Gasteiger charge is -2.03. The summed E-state index contributed by atoms with van der Waals surface area (Å²) in [4.78, 5) is 17.3. The lowest BCUT2D eigenvalue weighted by atomic mass is 10.2. The fraction of sp³-hybridized carbons (Fsp3) is 0.200.